The van der Waals surface area contributed by atoms with Crippen LogP contribution in [0.15, 0.2) is 45.8 Å². The first-order valence-electron chi connectivity index (χ1n) is 5.52. The van der Waals surface area contributed by atoms with E-state index >= 15 is 0 Å². The Morgan fingerprint density at radius 2 is 1.86 bits per heavy atom. The molecule has 1 atom stereocenters. The molecule has 1 aliphatic heterocycles. The summed E-state index contributed by atoms with van der Waals surface area (Å²) >= 11 is 5.46. The number of fused-ring (bicyclic) bond motifs is 4. The molecule has 0 fully saturated rings. The average Bonchev–Trinajstić information content (AvgIpc) is 2.83. The third-order valence-electron chi connectivity index (χ3n) is 3.26. The molecule has 0 nitrogen and oxygen atoms in total. The minimum absolute atomic E-state index is 0. The second kappa shape index (κ2) is 8.57. The van der Waals surface area contributed by atoms with E-state index in [1.807, 2.05) is 17.8 Å². The molecule has 0 bridgehead atoms. The van der Waals surface area contributed by atoms with Gasteiger partial charge in [0.1, 0.15) is 0 Å². The maximum Gasteiger partial charge on any atom is 4.00 e. The van der Waals surface area contributed by atoms with E-state index in [9.17, 15) is 0 Å². The van der Waals surface area contributed by atoms with Gasteiger partial charge in [0.25, 0.3) is 0 Å². The van der Waals surface area contributed by atoms with Crippen LogP contribution in [-0.4, -0.2) is 5.25 Å². The number of hydrogen-bond donors (Lipinski definition) is 0. The molecule has 21 heavy (non-hydrogen) atoms. The van der Waals surface area contributed by atoms with E-state index in [1.165, 1.54) is 26.5 Å². The van der Waals surface area contributed by atoms with Crippen molar-refractivity contribution in [1.82, 2.24) is 0 Å². The molecule has 0 radical (unpaired) electrons. The molecular weight excluding hydrogens is 490 g/mol. The van der Waals surface area contributed by atoms with Crippen molar-refractivity contribution >= 4 is 39.3 Å². The van der Waals surface area contributed by atoms with Crippen molar-refractivity contribution in [2.45, 2.75) is 10.1 Å². The summed E-state index contributed by atoms with van der Waals surface area (Å²) in [7, 11) is 0. The molecule has 106 valence electrons. The maximum atomic E-state index is 3.53. The molecule has 0 amide bonds. The van der Waals surface area contributed by atoms with Crippen LogP contribution in [0.1, 0.15) is 5.56 Å². The van der Waals surface area contributed by atoms with Crippen LogP contribution in [0.5, 0.6) is 0 Å². The molecular formula is C15H8BrCl3SZr. The molecule has 0 spiro atoms. The average molecular weight is 498 g/mol. The number of thioether (sulfide) groups is 1. The predicted octanol–water partition coefficient (Wildman–Crippen LogP) is -6.27. The third-order valence-corrected chi connectivity index (χ3v) is 4.97. The Hall–Kier alpha value is 0.763. The Morgan fingerprint density at radius 3 is 2.62 bits per heavy atom. The Kier molecular flexibility index (Phi) is 8.88. The van der Waals surface area contributed by atoms with Gasteiger partial charge < -0.3 is 37.2 Å². The second-order valence-electron chi connectivity index (χ2n) is 4.26. The van der Waals surface area contributed by atoms with Crippen LogP contribution in [0.2, 0.25) is 0 Å². The predicted molar refractivity (Wildman–Crippen MR) is 75.3 cm³/mol. The topological polar surface area (TPSA) is 0 Å². The zero-order valence-electron chi connectivity index (χ0n) is 10.5. The van der Waals surface area contributed by atoms with E-state index in [-0.39, 0.29) is 63.4 Å². The Morgan fingerprint density at radius 1 is 1.10 bits per heavy atom. The third kappa shape index (κ3) is 3.65. The van der Waals surface area contributed by atoms with E-state index in [0.29, 0.717) is 5.25 Å². The Balaban J connectivity index is 0.000001000. The molecule has 0 saturated carbocycles. The first kappa shape index (κ1) is 21.8. The first-order chi connectivity index (χ1) is 8.33. The molecule has 0 N–H and O–H groups in total. The summed E-state index contributed by atoms with van der Waals surface area (Å²) in [5, 5.41) is 3.19. The van der Waals surface area contributed by atoms with Gasteiger partial charge in [0.2, 0.25) is 0 Å². The van der Waals surface area contributed by atoms with Gasteiger partial charge in [0, 0.05) is 9.72 Å². The molecule has 4 rings (SSSR count). The molecule has 2 aliphatic rings. The van der Waals surface area contributed by atoms with Gasteiger partial charge in [0.05, 0.1) is 0 Å². The zero-order valence-corrected chi connectivity index (χ0v) is 17.7. The minimum atomic E-state index is 0. The molecule has 0 aromatic heterocycles. The van der Waals surface area contributed by atoms with Gasteiger partial charge in [-0.15, -0.1) is 29.8 Å². The van der Waals surface area contributed by atoms with Crippen molar-refractivity contribution < 1.29 is 63.4 Å². The van der Waals surface area contributed by atoms with Crippen molar-refractivity contribution in [1.29, 1.82) is 0 Å². The van der Waals surface area contributed by atoms with Crippen LogP contribution in [0.3, 0.4) is 0 Å². The number of rotatable bonds is 0. The normalized spacial score (nSPS) is 15.9. The molecule has 0 saturated heterocycles. The van der Waals surface area contributed by atoms with Gasteiger partial charge in [-0.05, 0) is 17.4 Å². The summed E-state index contributed by atoms with van der Waals surface area (Å²) < 4.78 is 1.15. The zero-order chi connectivity index (χ0) is 11.4. The molecule has 1 heterocycles. The minimum Gasteiger partial charge on any atom is -1.00 e. The maximum absolute atomic E-state index is 3.53. The van der Waals surface area contributed by atoms with Gasteiger partial charge in [-0.1, -0.05) is 43.8 Å². The number of halogens is 4. The summed E-state index contributed by atoms with van der Waals surface area (Å²) in [6, 6.07) is 16.2. The fourth-order valence-electron chi connectivity index (χ4n) is 2.55. The fourth-order valence-corrected chi connectivity index (χ4v) is 4.23. The van der Waals surface area contributed by atoms with Crippen LogP contribution < -0.4 is 47.7 Å². The Bertz CT molecular complexity index is 764. The van der Waals surface area contributed by atoms with Crippen molar-refractivity contribution in [2.24, 2.45) is 0 Å². The summed E-state index contributed by atoms with van der Waals surface area (Å²) in [5.74, 6) is 0. The molecule has 2 aromatic carbocycles. The van der Waals surface area contributed by atoms with Gasteiger partial charge >= 0.3 is 26.2 Å². The van der Waals surface area contributed by atoms with E-state index in [2.05, 4.69) is 58.4 Å². The van der Waals surface area contributed by atoms with Crippen LogP contribution in [0, 0.1) is 6.07 Å². The van der Waals surface area contributed by atoms with E-state index < -0.39 is 0 Å². The van der Waals surface area contributed by atoms with Crippen molar-refractivity contribution in [3.63, 3.8) is 0 Å². The quantitative estimate of drug-likeness (QED) is 0.327. The molecule has 1 aliphatic carbocycles. The SMILES string of the molecule is Brc1ccc2c(c1)=CC1Sc3ccc[c-]c3C=21.[Cl-].[Cl-].[Cl-].[Zr+4]. The fraction of sp³-hybridized carbons (Fsp3) is 0.0667. The molecule has 6 heteroatoms. The van der Waals surface area contributed by atoms with Gasteiger partial charge in [-0.2, -0.15) is 11.8 Å². The van der Waals surface area contributed by atoms with Crippen molar-refractivity contribution in [3.8, 4) is 0 Å². The smallest absolute Gasteiger partial charge is 1.00 e. The van der Waals surface area contributed by atoms with E-state index in [4.69, 9.17) is 0 Å². The van der Waals surface area contributed by atoms with Crippen LogP contribution >= 0.6 is 27.7 Å². The largest absolute Gasteiger partial charge is 4.00 e. The first-order valence-corrected chi connectivity index (χ1v) is 7.19. The molecule has 2 aromatic rings. The van der Waals surface area contributed by atoms with Crippen LogP contribution in [-0.2, 0) is 26.2 Å². The standard InChI is InChI=1S/C15H8BrS.3ClH.Zr/c16-10-5-6-11-9(7-10)8-14-15(11)12-3-1-2-4-13(12)17-14;;;;/h1-2,4-8,14H;3*1H;/q-1;;;;+4/p-3. The molecule has 1 unspecified atom stereocenters. The van der Waals surface area contributed by atoms with E-state index in [0.717, 1.165) is 4.47 Å². The van der Waals surface area contributed by atoms with Crippen molar-refractivity contribution in [2.75, 3.05) is 0 Å². The van der Waals surface area contributed by atoms with Gasteiger partial charge in [-0.3, -0.25) is 0 Å². The summed E-state index contributed by atoms with van der Waals surface area (Å²) in [6.45, 7) is 0. The van der Waals surface area contributed by atoms with Gasteiger partial charge in [-0.25, -0.2) is 0 Å². The number of hydrogen-bond acceptors (Lipinski definition) is 1. The van der Waals surface area contributed by atoms with Crippen molar-refractivity contribution in [3.05, 3.63) is 62.9 Å². The second-order valence-corrected chi connectivity index (χ2v) is 6.36. The van der Waals surface area contributed by atoms with E-state index in [1.54, 1.807) is 0 Å². The van der Waals surface area contributed by atoms with Crippen LogP contribution in [0.25, 0.3) is 11.6 Å². The Labute approximate surface area is 174 Å². The number of benzene rings is 2. The summed E-state index contributed by atoms with van der Waals surface area (Å²) in [5.41, 5.74) is 2.73. The van der Waals surface area contributed by atoms with Crippen LogP contribution in [0.4, 0.5) is 0 Å². The summed E-state index contributed by atoms with van der Waals surface area (Å²) in [6.07, 6.45) is 2.36. The summed E-state index contributed by atoms with van der Waals surface area (Å²) in [4.78, 5) is 1.36. The monoisotopic (exact) mass is 494 g/mol. The van der Waals surface area contributed by atoms with Gasteiger partial charge in [0.15, 0.2) is 0 Å².